The van der Waals surface area contributed by atoms with Gasteiger partial charge in [-0.3, -0.25) is 0 Å². The van der Waals surface area contributed by atoms with Crippen LogP contribution in [-0.2, 0) is 22.3 Å². The molecule has 5 aromatic carbocycles. The Morgan fingerprint density at radius 1 is 0.556 bits per heavy atom. The number of aromatic carboxylic acids is 1. The normalized spacial score (nSPS) is 11.6. The maximum absolute atomic E-state index is 13.1. The van der Waals surface area contributed by atoms with Crippen LogP contribution >= 0.6 is 46.4 Å². The van der Waals surface area contributed by atoms with Crippen molar-refractivity contribution in [1.82, 2.24) is 0 Å². The van der Waals surface area contributed by atoms with E-state index in [9.17, 15) is 19.2 Å². The molecule has 0 aliphatic carbocycles. The number of carbonyl (C=O) groups is 4. The average Bonchev–Trinajstić information content (AvgIpc) is 3.09. The molecule has 0 aliphatic rings. The number of carbonyl (C=O) groups excluding carboxylic acids is 3. The summed E-state index contributed by atoms with van der Waals surface area (Å²) in [6.45, 7) is 8.27. The predicted molar refractivity (Wildman–Crippen MR) is 211 cm³/mol. The van der Waals surface area contributed by atoms with Gasteiger partial charge in [-0.15, -0.1) is 0 Å². The van der Waals surface area contributed by atoms with Crippen molar-refractivity contribution in [3.8, 4) is 5.75 Å². The Bertz CT molecular complexity index is 2200. The quantitative estimate of drug-likeness (QED) is 0.0923. The Balaban J connectivity index is 1.16. The molecule has 0 amide bonds. The topological polar surface area (TPSA) is 116 Å². The molecule has 5 aromatic rings. The maximum atomic E-state index is 13.1. The largest absolute Gasteiger partial charge is 0.478 e. The van der Waals surface area contributed by atoms with Crippen LogP contribution in [0.2, 0.25) is 20.1 Å². The summed E-state index contributed by atoms with van der Waals surface area (Å²) in [5, 5.41) is 11.5. The fourth-order valence-corrected chi connectivity index (χ4v) is 7.02. The highest BCUT2D eigenvalue weighted by Gasteiger charge is 2.26. The van der Waals surface area contributed by atoms with Crippen molar-refractivity contribution in [2.45, 2.75) is 40.5 Å². The lowest BCUT2D eigenvalue weighted by molar-refractivity contribution is 0.0335. The van der Waals surface area contributed by atoms with Crippen molar-refractivity contribution in [2.75, 3.05) is 13.2 Å². The maximum Gasteiger partial charge on any atom is 0.343 e. The molecule has 0 spiro atoms. The van der Waals surface area contributed by atoms with Crippen LogP contribution in [0, 0.1) is 10.8 Å². The number of esters is 3. The first-order valence-corrected chi connectivity index (χ1v) is 18.3. The Morgan fingerprint density at radius 3 is 1.43 bits per heavy atom. The van der Waals surface area contributed by atoms with Crippen molar-refractivity contribution in [3.05, 3.63) is 144 Å². The molecular weight excluding hydrogens is 774 g/mol. The first-order valence-electron chi connectivity index (χ1n) is 16.8. The third kappa shape index (κ3) is 10.3. The smallest absolute Gasteiger partial charge is 0.343 e. The molecule has 5 rings (SSSR count). The number of hydrogen-bond donors (Lipinski definition) is 1. The van der Waals surface area contributed by atoms with Gasteiger partial charge < -0.3 is 19.3 Å². The zero-order valence-electron chi connectivity index (χ0n) is 29.8. The summed E-state index contributed by atoms with van der Waals surface area (Å²) in [6, 6.07) is 25.1. The molecule has 0 fully saturated rings. The van der Waals surface area contributed by atoms with Crippen LogP contribution in [0.3, 0.4) is 0 Å². The van der Waals surface area contributed by atoms with E-state index in [1.807, 2.05) is 33.8 Å². The molecule has 0 saturated carbocycles. The van der Waals surface area contributed by atoms with E-state index in [4.69, 9.17) is 65.7 Å². The molecule has 8 nitrogen and oxygen atoms in total. The van der Waals surface area contributed by atoms with Crippen LogP contribution in [0.5, 0.6) is 5.75 Å². The molecule has 54 heavy (non-hydrogen) atoms. The number of carboxylic acids is 1. The summed E-state index contributed by atoms with van der Waals surface area (Å²) in [5.74, 6) is -3.17. The van der Waals surface area contributed by atoms with E-state index in [0.29, 0.717) is 12.8 Å². The number of benzene rings is 5. The van der Waals surface area contributed by atoms with Crippen molar-refractivity contribution < 1.29 is 38.5 Å². The molecular formula is C42H36Cl4O8. The Kier molecular flexibility index (Phi) is 12.6. The Hall–Kier alpha value is -4.60. The van der Waals surface area contributed by atoms with E-state index in [1.54, 1.807) is 18.2 Å². The van der Waals surface area contributed by atoms with E-state index < -0.39 is 29.3 Å². The van der Waals surface area contributed by atoms with Gasteiger partial charge in [-0.05, 0) is 71.1 Å². The van der Waals surface area contributed by atoms with Gasteiger partial charge >= 0.3 is 23.9 Å². The van der Waals surface area contributed by atoms with Crippen LogP contribution in [-0.4, -0.2) is 42.2 Å². The molecule has 12 heteroatoms. The van der Waals surface area contributed by atoms with Crippen LogP contribution in [0.25, 0.3) is 10.8 Å². The van der Waals surface area contributed by atoms with Gasteiger partial charge in [0.1, 0.15) is 5.75 Å². The molecule has 0 saturated heterocycles. The second kappa shape index (κ2) is 16.8. The Morgan fingerprint density at radius 2 is 0.981 bits per heavy atom. The molecule has 280 valence electrons. The highest BCUT2D eigenvalue weighted by Crippen LogP contribution is 2.33. The summed E-state index contributed by atoms with van der Waals surface area (Å²) < 4.78 is 16.6. The van der Waals surface area contributed by atoms with Gasteiger partial charge in [0.15, 0.2) is 0 Å². The van der Waals surface area contributed by atoms with E-state index in [0.717, 1.165) is 21.9 Å². The van der Waals surface area contributed by atoms with E-state index in [-0.39, 0.29) is 66.7 Å². The molecule has 0 aromatic heterocycles. The first kappa shape index (κ1) is 40.6. The van der Waals surface area contributed by atoms with Gasteiger partial charge in [0, 0.05) is 23.0 Å². The lowest BCUT2D eigenvalue weighted by Crippen LogP contribution is -2.25. The highest BCUT2D eigenvalue weighted by molar-refractivity contribution is 6.40. The fourth-order valence-electron chi connectivity index (χ4n) is 5.85. The van der Waals surface area contributed by atoms with Gasteiger partial charge in [-0.2, -0.15) is 0 Å². The molecule has 0 aliphatic heterocycles. The third-order valence-corrected chi connectivity index (χ3v) is 9.71. The number of hydrogen-bond acceptors (Lipinski definition) is 7. The standard InChI is InChI=1S/C42H36Cl4O8/c1-41(2,22-52-39(50)35-31(43)6-5-7-32(35)44)20-24-8-10-29-17-25(9-11-28(29)16-24)21-42(3,4)23-53-40(51)36-33(45)18-30(19-34(36)46)54-38(49)27-14-12-26(13-15-27)37(47)48/h5-19H,20-23H2,1-4H3,(H,47,48). The number of carboxylic acid groups (broad SMARTS) is 1. The van der Waals surface area contributed by atoms with E-state index >= 15 is 0 Å². The minimum absolute atomic E-state index is 0.00201. The summed E-state index contributed by atoms with van der Waals surface area (Å²) in [5.41, 5.74) is 1.57. The second-order valence-corrected chi connectivity index (χ2v) is 16.1. The SMILES string of the molecule is CC(C)(COC(=O)c1c(Cl)cccc1Cl)Cc1ccc2cc(CC(C)(C)COC(=O)c3c(Cl)cc(OC(=O)c4ccc(C(=O)O)cc4)cc3Cl)ccc2c1. The summed E-state index contributed by atoms with van der Waals surface area (Å²) in [6.07, 6.45) is 1.27. The molecule has 0 heterocycles. The number of rotatable bonds is 13. The van der Waals surface area contributed by atoms with Gasteiger partial charge in [-0.25, -0.2) is 19.2 Å². The van der Waals surface area contributed by atoms with Crippen LogP contribution in [0.15, 0.2) is 91.0 Å². The van der Waals surface area contributed by atoms with Crippen LogP contribution < -0.4 is 4.74 Å². The summed E-state index contributed by atoms with van der Waals surface area (Å²) >= 11 is 25.1. The second-order valence-electron chi connectivity index (χ2n) is 14.5. The van der Waals surface area contributed by atoms with Crippen molar-refractivity contribution >= 4 is 81.1 Å². The lowest BCUT2D eigenvalue weighted by Gasteiger charge is -2.25. The van der Waals surface area contributed by atoms with Crippen molar-refractivity contribution in [2.24, 2.45) is 10.8 Å². The van der Waals surface area contributed by atoms with Gasteiger partial charge in [0.05, 0.1) is 55.6 Å². The molecule has 0 bridgehead atoms. The minimum atomic E-state index is -1.12. The van der Waals surface area contributed by atoms with Gasteiger partial charge in [0.2, 0.25) is 0 Å². The monoisotopic (exact) mass is 808 g/mol. The van der Waals surface area contributed by atoms with Gasteiger partial charge in [-0.1, -0.05) is 117 Å². The molecule has 0 radical (unpaired) electrons. The predicted octanol–water partition coefficient (Wildman–Crippen LogP) is 11.2. The number of fused-ring (bicyclic) bond motifs is 1. The minimum Gasteiger partial charge on any atom is -0.478 e. The molecule has 0 atom stereocenters. The first-order chi connectivity index (χ1) is 25.4. The molecule has 0 unspecified atom stereocenters. The number of ether oxygens (including phenoxy) is 3. The van der Waals surface area contributed by atoms with E-state index in [1.165, 1.54) is 36.4 Å². The summed E-state index contributed by atoms with van der Waals surface area (Å²) in [7, 11) is 0. The third-order valence-electron chi connectivity index (χ3n) is 8.49. The van der Waals surface area contributed by atoms with Crippen LogP contribution in [0.1, 0.15) is 80.3 Å². The average molecular weight is 811 g/mol. The fraction of sp³-hybridized carbons (Fsp3) is 0.238. The number of halogens is 4. The van der Waals surface area contributed by atoms with Gasteiger partial charge in [0.25, 0.3) is 0 Å². The summed E-state index contributed by atoms with van der Waals surface area (Å²) in [4.78, 5) is 49.5. The molecule has 1 N–H and O–H groups in total. The van der Waals surface area contributed by atoms with Crippen molar-refractivity contribution in [3.63, 3.8) is 0 Å². The van der Waals surface area contributed by atoms with Crippen LogP contribution in [0.4, 0.5) is 0 Å². The zero-order valence-corrected chi connectivity index (χ0v) is 32.8. The van der Waals surface area contributed by atoms with Crippen molar-refractivity contribution in [1.29, 1.82) is 0 Å². The highest BCUT2D eigenvalue weighted by atomic mass is 35.5. The Labute approximate surface area is 332 Å². The lowest BCUT2D eigenvalue weighted by atomic mass is 9.84. The zero-order chi connectivity index (χ0) is 39.4. The van der Waals surface area contributed by atoms with E-state index in [2.05, 4.69) is 30.3 Å².